The molecule has 1 aliphatic heterocycles. The molecule has 2 rings (SSSR count). The van der Waals surface area contributed by atoms with Crippen molar-refractivity contribution < 1.29 is 50.5 Å². The second-order valence-electron chi connectivity index (χ2n) is 2.97. The van der Waals surface area contributed by atoms with Crippen LogP contribution in [0.5, 0.6) is 0 Å². The molecule has 1 aliphatic rings. The van der Waals surface area contributed by atoms with E-state index in [1.807, 2.05) is 0 Å². The number of benzene rings is 1. The number of nitrogens with zero attached hydrogens (tertiary/aromatic N) is 1. The van der Waals surface area contributed by atoms with Gasteiger partial charge in [0.1, 0.15) is 0 Å². The molecule has 1 nitrogen and oxygen atoms in total. The van der Waals surface area contributed by atoms with Gasteiger partial charge in [-0.3, -0.25) is 0 Å². The molecule has 0 saturated heterocycles. The van der Waals surface area contributed by atoms with Gasteiger partial charge in [0.05, 0.1) is 0 Å². The first-order valence-corrected chi connectivity index (χ1v) is 5.60. The van der Waals surface area contributed by atoms with Crippen LogP contribution in [-0.4, -0.2) is 10.6 Å². The normalized spacial score (nSPS) is 15.5. The predicted octanol–water partition coefficient (Wildman–Crippen LogP) is 1.84. The van der Waals surface area contributed by atoms with E-state index in [1.165, 1.54) is 34.5 Å². The third-order valence-corrected chi connectivity index (χ3v) is 3.11. The minimum atomic E-state index is 0. The Morgan fingerprint density at radius 3 is 2.62 bits per heavy atom. The van der Waals surface area contributed by atoms with E-state index in [1.54, 1.807) is 0 Å². The van der Waals surface area contributed by atoms with Crippen LogP contribution in [0.1, 0.15) is 11.1 Å². The van der Waals surface area contributed by atoms with E-state index in [-0.39, 0.29) is 31.1 Å². The summed E-state index contributed by atoms with van der Waals surface area (Å²) in [5.74, 6) is 0. The maximum atomic E-state index is 4.49. The standard InChI is InChI=1S/C10H10N.U.W/c1-2-4-10-6-8-11-7-5-9(10)3-1;;/h1-4H,5-7H2;;/q-1;;. The summed E-state index contributed by atoms with van der Waals surface area (Å²) in [4.78, 5) is 0. The molecule has 0 aliphatic carbocycles. The molecular weight excluding hydrogens is 556 g/mol. The first-order chi connectivity index (χ1) is 5.86. The van der Waals surface area contributed by atoms with Gasteiger partial charge < -0.3 is 0 Å². The average Bonchev–Trinajstić information content (AvgIpc) is 2.25. The Bertz CT molecular complexity index is 312. The van der Waals surface area contributed by atoms with Crippen LogP contribution >= 0.6 is 0 Å². The van der Waals surface area contributed by atoms with Gasteiger partial charge in [0, 0.05) is 31.1 Å². The van der Waals surface area contributed by atoms with Crippen molar-refractivity contribution in [2.75, 3.05) is 6.54 Å². The van der Waals surface area contributed by atoms with Gasteiger partial charge in [-0.1, -0.05) is 0 Å². The van der Waals surface area contributed by atoms with Crippen LogP contribution in [-0.2, 0) is 32.2 Å². The molecule has 1 aromatic rings. The molecule has 1 heterocycles. The van der Waals surface area contributed by atoms with Gasteiger partial charge in [-0.15, -0.1) is 0 Å². The topological polar surface area (TPSA) is 14.1 Å². The molecule has 0 amide bonds. The summed E-state index contributed by atoms with van der Waals surface area (Å²) in [5.41, 5.74) is 2.96. The van der Waals surface area contributed by atoms with E-state index in [2.05, 4.69) is 29.6 Å². The zero-order chi connectivity index (χ0) is 8.39. The Kier molecular flexibility index (Phi) is 5.13. The van der Waals surface area contributed by atoms with Crippen LogP contribution in [0.25, 0.3) is 5.32 Å². The minimum absolute atomic E-state index is 0. The maximum absolute atomic E-state index is 4.49. The van der Waals surface area contributed by atoms with E-state index >= 15 is 0 Å². The second kappa shape index (κ2) is 5.62. The summed E-state index contributed by atoms with van der Waals surface area (Å²) in [5, 5.41) is 4.49. The van der Waals surface area contributed by atoms with E-state index in [0.29, 0.717) is 0 Å². The van der Waals surface area contributed by atoms with Gasteiger partial charge in [0.15, 0.2) is 0 Å². The van der Waals surface area contributed by atoms with Crippen LogP contribution in [0.4, 0.5) is 0 Å². The SMILES string of the molecule is [U].[W]=[C]1Cc2ccccc2CC[N-]1. The average molecular weight is 566 g/mol. The number of hydrogen-bond acceptors (Lipinski definition) is 0. The van der Waals surface area contributed by atoms with E-state index < -0.39 is 0 Å². The molecule has 0 bridgehead atoms. The van der Waals surface area contributed by atoms with Gasteiger partial charge >= 0.3 is 83.5 Å². The second-order valence-corrected chi connectivity index (χ2v) is 4.66. The van der Waals surface area contributed by atoms with Crippen molar-refractivity contribution in [3.63, 3.8) is 0 Å². The number of rotatable bonds is 0. The van der Waals surface area contributed by atoms with Crippen molar-refractivity contribution in [2.24, 2.45) is 0 Å². The molecule has 0 fully saturated rings. The Balaban J connectivity index is 0.000000845. The predicted molar refractivity (Wildman–Crippen MR) is 47.1 cm³/mol. The van der Waals surface area contributed by atoms with Crippen LogP contribution in [0.15, 0.2) is 24.3 Å². The quantitative estimate of drug-likeness (QED) is 0.456. The Morgan fingerprint density at radius 2 is 1.85 bits per heavy atom. The van der Waals surface area contributed by atoms with E-state index in [9.17, 15) is 0 Å². The summed E-state index contributed by atoms with van der Waals surface area (Å²) in [6, 6.07) is 8.68. The van der Waals surface area contributed by atoms with Gasteiger partial charge in [-0.05, 0) is 0 Å². The number of hydrogen-bond donors (Lipinski definition) is 0. The molecule has 0 radical (unpaired) electrons. The third kappa shape index (κ3) is 3.14. The molecule has 66 valence electrons. The number of fused-ring (bicyclic) bond motifs is 1. The molecule has 0 saturated carbocycles. The van der Waals surface area contributed by atoms with Gasteiger partial charge in [0.2, 0.25) is 0 Å². The first kappa shape index (κ1) is 11.9. The van der Waals surface area contributed by atoms with Gasteiger partial charge in [0.25, 0.3) is 0 Å². The molecule has 0 spiro atoms. The third-order valence-electron chi connectivity index (χ3n) is 2.13. The van der Waals surface area contributed by atoms with Crippen LogP contribution in [0.2, 0.25) is 0 Å². The Hall–Kier alpha value is 0.790. The molecule has 1 aromatic carbocycles. The summed E-state index contributed by atoms with van der Waals surface area (Å²) in [6.07, 6.45) is 2.19. The van der Waals surface area contributed by atoms with Crippen molar-refractivity contribution in [2.45, 2.75) is 12.8 Å². The van der Waals surface area contributed by atoms with Crippen LogP contribution < -0.4 is 0 Å². The molecule has 0 N–H and O–H groups in total. The molecule has 0 atom stereocenters. The Labute approximate surface area is 113 Å². The summed E-state index contributed by atoms with van der Waals surface area (Å²) >= 11 is 1.52. The molecular formula is C10H10NUW-. The van der Waals surface area contributed by atoms with Crippen LogP contribution in [0.3, 0.4) is 0 Å². The van der Waals surface area contributed by atoms with Crippen molar-refractivity contribution in [1.82, 2.24) is 0 Å². The summed E-state index contributed by atoms with van der Waals surface area (Å²) < 4.78 is 1.35. The molecule has 0 aromatic heterocycles. The molecule has 0 unspecified atom stereocenters. The molecule has 13 heavy (non-hydrogen) atoms. The van der Waals surface area contributed by atoms with Gasteiger partial charge in [-0.2, -0.15) is 0 Å². The van der Waals surface area contributed by atoms with Crippen molar-refractivity contribution in [1.29, 1.82) is 0 Å². The zero-order valence-corrected chi connectivity index (χ0v) is 14.4. The summed E-state index contributed by atoms with van der Waals surface area (Å²) in [7, 11) is 0. The zero-order valence-electron chi connectivity index (χ0n) is 7.29. The van der Waals surface area contributed by atoms with E-state index in [0.717, 1.165) is 19.4 Å². The van der Waals surface area contributed by atoms with Crippen molar-refractivity contribution in [3.8, 4) is 0 Å². The molecule has 3 heteroatoms. The Morgan fingerprint density at radius 1 is 1.15 bits per heavy atom. The van der Waals surface area contributed by atoms with E-state index in [4.69, 9.17) is 0 Å². The fourth-order valence-corrected chi connectivity index (χ4v) is 2.38. The van der Waals surface area contributed by atoms with Gasteiger partial charge in [-0.25, -0.2) is 0 Å². The van der Waals surface area contributed by atoms with Crippen molar-refractivity contribution >= 4 is 4.02 Å². The fraction of sp³-hybridized carbons (Fsp3) is 0.300. The first-order valence-electron chi connectivity index (χ1n) is 4.13. The fourth-order valence-electron chi connectivity index (χ4n) is 1.49. The van der Waals surface area contributed by atoms with Crippen LogP contribution in [0, 0.1) is 31.1 Å². The van der Waals surface area contributed by atoms with Crippen molar-refractivity contribution in [3.05, 3.63) is 40.7 Å². The monoisotopic (exact) mass is 566 g/mol. The summed E-state index contributed by atoms with van der Waals surface area (Å²) in [6.45, 7) is 0.982.